The number of rotatable bonds is 6. The Bertz CT molecular complexity index is 353. The Kier molecular flexibility index (Phi) is 4.92. The Balaban J connectivity index is 2.72. The van der Waals surface area contributed by atoms with Crippen LogP contribution in [-0.4, -0.2) is 34.0 Å². The highest BCUT2D eigenvalue weighted by Crippen LogP contribution is 2.07. The fourth-order valence-corrected chi connectivity index (χ4v) is 1.61. The van der Waals surface area contributed by atoms with Crippen molar-refractivity contribution in [1.82, 2.24) is 9.88 Å². The molecule has 0 radical (unpaired) electrons. The molecule has 0 bridgehead atoms. The van der Waals surface area contributed by atoms with Crippen molar-refractivity contribution in [3.05, 3.63) is 29.6 Å². The lowest BCUT2D eigenvalue weighted by Gasteiger charge is -2.19. The van der Waals surface area contributed by atoms with Gasteiger partial charge in [-0.2, -0.15) is 0 Å². The first-order chi connectivity index (χ1) is 7.67. The van der Waals surface area contributed by atoms with Crippen LogP contribution in [0.5, 0.6) is 0 Å². The van der Waals surface area contributed by atoms with Crippen LogP contribution >= 0.6 is 0 Å². The lowest BCUT2D eigenvalue weighted by molar-refractivity contribution is 0.0696. The van der Waals surface area contributed by atoms with Crippen molar-refractivity contribution in [2.45, 2.75) is 26.8 Å². The first-order valence-electron chi connectivity index (χ1n) is 5.57. The molecule has 0 atom stereocenters. The summed E-state index contributed by atoms with van der Waals surface area (Å²) in [6.45, 7) is 6.98. The standard InChI is InChI=1S/C12H18N2O2/c1-3-5-14(4-2)9-10-6-11(12(15)16)8-13-7-10/h6-8H,3-5,9H2,1-2H3,(H,15,16). The molecule has 0 amide bonds. The van der Waals surface area contributed by atoms with E-state index in [4.69, 9.17) is 5.11 Å². The summed E-state index contributed by atoms with van der Waals surface area (Å²) in [5.41, 5.74) is 1.21. The highest BCUT2D eigenvalue weighted by atomic mass is 16.4. The summed E-state index contributed by atoms with van der Waals surface area (Å²) in [4.78, 5) is 17.0. The Hall–Kier alpha value is -1.42. The van der Waals surface area contributed by atoms with Gasteiger partial charge in [0.1, 0.15) is 0 Å². The second-order valence-corrected chi connectivity index (χ2v) is 3.76. The molecule has 1 aromatic rings. The molecular weight excluding hydrogens is 204 g/mol. The van der Waals surface area contributed by atoms with Gasteiger partial charge in [-0.05, 0) is 31.1 Å². The van der Waals surface area contributed by atoms with Gasteiger partial charge in [-0.1, -0.05) is 13.8 Å². The van der Waals surface area contributed by atoms with Crippen LogP contribution in [0.3, 0.4) is 0 Å². The number of pyridine rings is 1. The average Bonchev–Trinajstić information content (AvgIpc) is 2.29. The molecule has 0 unspecified atom stereocenters. The molecule has 1 rings (SSSR count). The van der Waals surface area contributed by atoms with Gasteiger partial charge in [0.15, 0.2) is 0 Å². The number of carbonyl (C=O) groups is 1. The van der Waals surface area contributed by atoms with Crippen LogP contribution < -0.4 is 0 Å². The Morgan fingerprint density at radius 2 is 2.19 bits per heavy atom. The van der Waals surface area contributed by atoms with Crippen molar-refractivity contribution in [3.8, 4) is 0 Å². The molecule has 1 aromatic heterocycles. The number of hydrogen-bond acceptors (Lipinski definition) is 3. The second kappa shape index (κ2) is 6.23. The van der Waals surface area contributed by atoms with Gasteiger partial charge in [-0.25, -0.2) is 4.79 Å². The molecule has 0 aliphatic carbocycles. The van der Waals surface area contributed by atoms with Crippen LogP contribution in [0, 0.1) is 0 Å². The van der Waals surface area contributed by atoms with Gasteiger partial charge in [-0.3, -0.25) is 9.88 Å². The van der Waals surface area contributed by atoms with E-state index in [0.717, 1.165) is 31.6 Å². The van der Waals surface area contributed by atoms with Crippen LogP contribution in [-0.2, 0) is 6.54 Å². The van der Waals surface area contributed by atoms with Crippen molar-refractivity contribution in [2.75, 3.05) is 13.1 Å². The molecule has 88 valence electrons. The van der Waals surface area contributed by atoms with E-state index in [1.807, 2.05) is 0 Å². The van der Waals surface area contributed by atoms with Gasteiger partial charge < -0.3 is 5.11 Å². The summed E-state index contributed by atoms with van der Waals surface area (Å²) >= 11 is 0. The van der Waals surface area contributed by atoms with Gasteiger partial charge in [-0.15, -0.1) is 0 Å². The van der Waals surface area contributed by atoms with Gasteiger partial charge in [0.25, 0.3) is 0 Å². The van der Waals surface area contributed by atoms with E-state index < -0.39 is 5.97 Å². The van der Waals surface area contributed by atoms with E-state index >= 15 is 0 Å². The molecule has 0 saturated carbocycles. The second-order valence-electron chi connectivity index (χ2n) is 3.76. The highest BCUT2D eigenvalue weighted by molar-refractivity contribution is 5.87. The molecule has 4 nitrogen and oxygen atoms in total. The number of nitrogens with zero attached hydrogens (tertiary/aromatic N) is 2. The molecule has 0 aromatic carbocycles. The quantitative estimate of drug-likeness (QED) is 0.800. The molecule has 0 spiro atoms. The van der Waals surface area contributed by atoms with E-state index in [2.05, 4.69) is 23.7 Å². The van der Waals surface area contributed by atoms with Crippen molar-refractivity contribution in [1.29, 1.82) is 0 Å². The molecule has 1 N–H and O–H groups in total. The zero-order chi connectivity index (χ0) is 12.0. The van der Waals surface area contributed by atoms with Crippen LogP contribution in [0.4, 0.5) is 0 Å². The number of aromatic nitrogens is 1. The molecule has 0 saturated heterocycles. The molecule has 4 heteroatoms. The fraction of sp³-hybridized carbons (Fsp3) is 0.500. The third-order valence-electron chi connectivity index (χ3n) is 2.44. The highest BCUT2D eigenvalue weighted by Gasteiger charge is 2.07. The maximum Gasteiger partial charge on any atom is 0.337 e. The summed E-state index contributed by atoms with van der Waals surface area (Å²) < 4.78 is 0. The van der Waals surface area contributed by atoms with Gasteiger partial charge in [0.2, 0.25) is 0 Å². The number of carboxylic acids is 1. The van der Waals surface area contributed by atoms with Crippen molar-refractivity contribution in [2.24, 2.45) is 0 Å². The topological polar surface area (TPSA) is 53.4 Å². The summed E-state index contributed by atoms with van der Waals surface area (Å²) in [7, 11) is 0. The van der Waals surface area contributed by atoms with Crippen LogP contribution in [0.1, 0.15) is 36.2 Å². The summed E-state index contributed by atoms with van der Waals surface area (Å²) in [6, 6.07) is 1.69. The first kappa shape index (κ1) is 12.6. The van der Waals surface area contributed by atoms with Gasteiger partial charge >= 0.3 is 5.97 Å². The maximum atomic E-state index is 10.8. The van der Waals surface area contributed by atoms with E-state index in [1.54, 1.807) is 12.3 Å². The summed E-state index contributed by atoms with van der Waals surface area (Å²) in [5.74, 6) is -0.923. The average molecular weight is 222 g/mol. The summed E-state index contributed by atoms with van der Waals surface area (Å²) in [6.07, 6.45) is 4.20. The minimum Gasteiger partial charge on any atom is -0.478 e. The molecule has 0 aliphatic heterocycles. The SMILES string of the molecule is CCCN(CC)Cc1cncc(C(=O)O)c1. The van der Waals surface area contributed by atoms with Gasteiger partial charge in [0, 0.05) is 18.9 Å². The van der Waals surface area contributed by atoms with Crippen LogP contribution in [0.2, 0.25) is 0 Å². The number of carboxylic acid groups (broad SMARTS) is 1. The number of aromatic carboxylic acids is 1. The zero-order valence-electron chi connectivity index (χ0n) is 9.81. The van der Waals surface area contributed by atoms with E-state index in [0.29, 0.717) is 0 Å². The molecular formula is C12H18N2O2. The maximum absolute atomic E-state index is 10.8. The van der Waals surface area contributed by atoms with Crippen molar-refractivity contribution < 1.29 is 9.90 Å². The van der Waals surface area contributed by atoms with Gasteiger partial charge in [0.05, 0.1) is 5.56 Å². The minimum absolute atomic E-state index is 0.255. The Morgan fingerprint density at radius 1 is 1.44 bits per heavy atom. The molecule has 16 heavy (non-hydrogen) atoms. The molecule has 0 fully saturated rings. The largest absolute Gasteiger partial charge is 0.478 e. The summed E-state index contributed by atoms with van der Waals surface area (Å²) in [5, 5.41) is 8.85. The predicted molar refractivity (Wildman–Crippen MR) is 62.4 cm³/mol. The zero-order valence-corrected chi connectivity index (χ0v) is 9.81. The molecule has 1 heterocycles. The first-order valence-corrected chi connectivity index (χ1v) is 5.57. The Labute approximate surface area is 95.9 Å². The monoisotopic (exact) mass is 222 g/mol. The fourth-order valence-electron chi connectivity index (χ4n) is 1.61. The Morgan fingerprint density at radius 3 is 2.75 bits per heavy atom. The van der Waals surface area contributed by atoms with E-state index in [-0.39, 0.29) is 5.56 Å². The van der Waals surface area contributed by atoms with E-state index in [1.165, 1.54) is 6.20 Å². The van der Waals surface area contributed by atoms with Crippen LogP contribution in [0.25, 0.3) is 0 Å². The lowest BCUT2D eigenvalue weighted by atomic mass is 10.2. The minimum atomic E-state index is -0.923. The van der Waals surface area contributed by atoms with Crippen molar-refractivity contribution in [3.63, 3.8) is 0 Å². The smallest absolute Gasteiger partial charge is 0.337 e. The van der Waals surface area contributed by atoms with Crippen LogP contribution in [0.15, 0.2) is 18.5 Å². The van der Waals surface area contributed by atoms with Crippen molar-refractivity contribution >= 4 is 5.97 Å². The third kappa shape index (κ3) is 3.62. The third-order valence-corrected chi connectivity index (χ3v) is 2.44. The normalized spacial score (nSPS) is 10.7. The van der Waals surface area contributed by atoms with E-state index in [9.17, 15) is 4.79 Å². The predicted octanol–water partition coefficient (Wildman–Crippen LogP) is 2.01. The number of hydrogen-bond donors (Lipinski definition) is 1. The lowest BCUT2D eigenvalue weighted by Crippen LogP contribution is -2.23. The molecule has 0 aliphatic rings.